The molecule has 1 aromatic carbocycles. The maximum absolute atomic E-state index is 5.89. The summed E-state index contributed by atoms with van der Waals surface area (Å²) in [6.07, 6.45) is 3.32. The van der Waals surface area contributed by atoms with Crippen molar-refractivity contribution in [1.82, 2.24) is 15.0 Å². The summed E-state index contributed by atoms with van der Waals surface area (Å²) in [5, 5.41) is 14.2. The quantitative estimate of drug-likeness (QED) is 0.798. The largest absolute Gasteiger partial charge is 0.380 e. The van der Waals surface area contributed by atoms with Crippen molar-refractivity contribution < 1.29 is 0 Å². The number of rotatable bonds is 4. The molecule has 3 aromatic rings. The minimum Gasteiger partial charge on any atom is -0.380 e. The van der Waals surface area contributed by atoms with Crippen LogP contribution in [0.4, 0.5) is 5.69 Å². The van der Waals surface area contributed by atoms with Crippen LogP contribution >= 0.6 is 22.9 Å². The van der Waals surface area contributed by atoms with E-state index in [1.165, 1.54) is 4.88 Å². The zero-order chi connectivity index (χ0) is 13.1. The van der Waals surface area contributed by atoms with Crippen LogP contribution in [0.3, 0.4) is 0 Å². The number of thiophene rings is 1. The van der Waals surface area contributed by atoms with Crippen molar-refractivity contribution in [3.8, 4) is 5.69 Å². The summed E-state index contributed by atoms with van der Waals surface area (Å²) in [6.45, 7) is 0.775. The molecule has 3 rings (SSSR count). The Labute approximate surface area is 119 Å². The second-order valence-corrected chi connectivity index (χ2v) is 5.38. The highest BCUT2D eigenvalue weighted by Gasteiger charge is 2.00. The molecule has 0 unspecified atom stereocenters. The Hall–Kier alpha value is -1.85. The fraction of sp³-hybridized carbons (Fsp3) is 0.0769. The van der Waals surface area contributed by atoms with Gasteiger partial charge in [-0.3, -0.25) is 0 Å². The van der Waals surface area contributed by atoms with Gasteiger partial charge in [-0.2, -0.15) is 15.0 Å². The van der Waals surface area contributed by atoms with E-state index in [2.05, 4.69) is 15.5 Å². The van der Waals surface area contributed by atoms with Crippen molar-refractivity contribution in [2.45, 2.75) is 6.54 Å². The molecule has 0 aliphatic carbocycles. The Morgan fingerprint density at radius 1 is 1.16 bits per heavy atom. The molecule has 1 N–H and O–H groups in total. The average Bonchev–Trinajstić information content (AvgIpc) is 3.08. The number of nitrogens with one attached hydrogen (secondary N) is 1. The molecular formula is C13H11ClN4S. The van der Waals surface area contributed by atoms with Crippen LogP contribution < -0.4 is 5.32 Å². The molecule has 0 fully saturated rings. The van der Waals surface area contributed by atoms with E-state index in [0.717, 1.165) is 22.9 Å². The van der Waals surface area contributed by atoms with Gasteiger partial charge in [0.15, 0.2) is 0 Å². The SMILES string of the molecule is Clc1csc(CNc2ccc(-n3nccn3)cc2)c1. The normalized spacial score (nSPS) is 10.6. The summed E-state index contributed by atoms with van der Waals surface area (Å²) in [4.78, 5) is 2.80. The van der Waals surface area contributed by atoms with E-state index in [9.17, 15) is 0 Å². The Morgan fingerprint density at radius 2 is 1.89 bits per heavy atom. The average molecular weight is 291 g/mol. The number of halogens is 1. The topological polar surface area (TPSA) is 42.7 Å². The smallest absolute Gasteiger partial charge is 0.0858 e. The lowest BCUT2D eigenvalue weighted by atomic mass is 10.3. The van der Waals surface area contributed by atoms with Crippen LogP contribution in [0.2, 0.25) is 5.02 Å². The highest BCUT2D eigenvalue weighted by atomic mass is 35.5. The lowest BCUT2D eigenvalue weighted by Gasteiger charge is -2.05. The van der Waals surface area contributed by atoms with Crippen LogP contribution in [-0.4, -0.2) is 15.0 Å². The Kier molecular flexibility index (Phi) is 3.48. The number of anilines is 1. The minimum atomic E-state index is 0.775. The molecule has 0 aliphatic heterocycles. The molecule has 0 saturated carbocycles. The van der Waals surface area contributed by atoms with Crippen molar-refractivity contribution in [3.05, 3.63) is 58.0 Å². The fourth-order valence-corrected chi connectivity index (χ4v) is 2.71. The van der Waals surface area contributed by atoms with Gasteiger partial charge in [-0.05, 0) is 30.3 Å². The maximum Gasteiger partial charge on any atom is 0.0858 e. The summed E-state index contributed by atoms with van der Waals surface area (Å²) in [7, 11) is 0. The molecule has 2 heterocycles. The molecule has 0 saturated heterocycles. The second kappa shape index (κ2) is 5.42. The zero-order valence-electron chi connectivity index (χ0n) is 9.95. The summed E-state index contributed by atoms with van der Waals surface area (Å²) in [6, 6.07) is 9.94. The van der Waals surface area contributed by atoms with E-state index >= 15 is 0 Å². The van der Waals surface area contributed by atoms with Crippen molar-refractivity contribution in [3.63, 3.8) is 0 Å². The van der Waals surface area contributed by atoms with Crippen LogP contribution in [0.1, 0.15) is 4.88 Å². The van der Waals surface area contributed by atoms with Gasteiger partial charge in [-0.1, -0.05) is 11.6 Å². The van der Waals surface area contributed by atoms with Crippen molar-refractivity contribution in [1.29, 1.82) is 0 Å². The highest BCUT2D eigenvalue weighted by molar-refractivity contribution is 7.10. The van der Waals surface area contributed by atoms with E-state index in [4.69, 9.17) is 11.6 Å². The maximum atomic E-state index is 5.89. The Bertz CT molecular complexity index is 646. The monoisotopic (exact) mass is 290 g/mol. The third-order valence-corrected chi connectivity index (χ3v) is 3.89. The molecule has 0 spiro atoms. The molecule has 0 atom stereocenters. The van der Waals surface area contributed by atoms with Crippen molar-refractivity contribution >= 4 is 28.6 Å². The molecule has 96 valence electrons. The van der Waals surface area contributed by atoms with Crippen molar-refractivity contribution in [2.24, 2.45) is 0 Å². The van der Waals surface area contributed by atoms with E-state index in [-0.39, 0.29) is 0 Å². The van der Waals surface area contributed by atoms with Gasteiger partial charge in [0.05, 0.1) is 23.1 Å². The van der Waals surface area contributed by atoms with Crippen LogP contribution in [-0.2, 0) is 6.54 Å². The standard InChI is InChI=1S/C13H11ClN4S/c14-10-7-13(19-9-10)8-15-11-1-3-12(4-2-11)18-16-5-6-17-18/h1-7,9,15H,8H2. The number of aromatic nitrogens is 3. The van der Waals surface area contributed by atoms with Gasteiger partial charge in [0, 0.05) is 22.5 Å². The molecule has 0 amide bonds. The predicted octanol–water partition coefficient (Wildman–Crippen LogP) is 3.59. The summed E-state index contributed by atoms with van der Waals surface area (Å²) >= 11 is 7.54. The first-order valence-electron chi connectivity index (χ1n) is 5.75. The number of nitrogens with zero attached hydrogens (tertiary/aromatic N) is 3. The molecule has 6 heteroatoms. The number of hydrogen-bond donors (Lipinski definition) is 1. The van der Waals surface area contributed by atoms with Gasteiger partial charge in [-0.25, -0.2) is 0 Å². The second-order valence-electron chi connectivity index (χ2n) is 3.95. The summed E-state index contributed by atoms with van der Waals surface area (Å²) in [5.74, 6) is 0. The summed E-state index contributed by atoms with van der Waals surface area (Å²) < 4.78 is 0. The molecule has 4 nitrogen and oxygen atoms in total. The fourth-order valence-electron chi connectivity index (χ4n) is 1.70. The molecule has 19 heavy (non-hydrogen) atoms. The van der Waals surface area contributed by atoms with E-state index in [1.54, 1.807) is 28.5 Å². The number of hydrogen-bond acceptors (Lipinski definition) is 4. The van der Waals surface area contributed by atoms with Gasteiger partial charge in [0.1, 0.15) is 0 Å². The van der Waals surface area contributed by atoms with E-state index < -0.39 is 0 Å². The summed E-state index contributed by atoms with van der Waals surface area (Å²) in [5.41, 5.74) is 2.00. The first kappa shape index (κ1) is 12.2. The number of benzene rings is 1. The van der Waals surface area contributed by atoms with Gasteiger partial charge in [0.2, 0.25) is 0 Å². The van der Waals surface area contributed by atoms with E-state index in [0.29, 0.717) is 0 Å². The molecule has 0 bridgehead atoms. The lowest BCUT2D eigenvalue weighted by molar-refractivity contribution is 0.752. The van der Waals surface area contributed by atoms with Gasteiger partial charge in [0.25, 0.3) is 0 Å². The minimum absolute atomic E-state index is 0.775. The lowest BCUT2D eigenvalue weighted by Crippen LogP contribution is -2.00. The van der Waals surface area contributed by atoms with Crippen LogP contribution in [0, 0.1) is 0 Å². The highest BCUT2D eigenvalue weighted by Crippen LogP contribution is 2.20. The third kappa shape index (κ3) is 2.94. The Balaban J connectivity index is 1.66. The zero-order valence-corrected chi connectivity index (χ0v) is 11.5. The first-order valence-corrected chi connectivity index (χ1v) is 7.00. The molecule has 2 aromatic heterocycles. The Morgan fingerprint density at radius 3 is 2.53 bits per heavy atom. The van der Waals surface area contributed by atoms with Gasteiger partial charge >= 0.3 is 0 Å². The molecule has 0 radical (unpaired) electrons. The predicted molar refractivity (Wildman–Crippen MR) is 78.0 cm³/mol. The van der Waals surface area contributed by atoms with Crippen LogP contribution in [0.25, 0.3) is 5.69 Å². The molecular weight excluding hydrogens is 280 g/mol. The first-order chi connectivity index (χ1) is 9.31. The van der Waals surface area contributed by atoms with Crippen LogP contribution in [0.15, 0.2) is 48.1 Å². The van der Waals surface area contributed by atoms with Crippen LogP contribution in [0.5, 0.6) is 0 Å². The van der Waals surface area contributed by atoms with Gasteiger partial charge < -0.3 is 5.32 Å². The molecule has 0 aliphatic rings. The van der Waals surface area contributed by atoms with Crippen molar-refractivity contribution in [2.75, 3.05) is 5.32 Å². The van der Waals surface area contributed by atoms with Gasteiger partial charge in [-0.15, -0.1) is 11.3 Å². The van der Waals surface area contributed by atoms with E-state index in [1.807, 2.05) is 35.7 Å². The third-order valence-electron chi connectivity index (χ3n) is 2.61.